The average molecular weight is 434 g/mol. The highest BCUT2D eigenvalue weighted by Gasteiger charge is 2.49. The smallest absolute Gasteiger partial charge is 0.282 e. The number of halogens is 2. The van der Waals surface area contributed by atoms with Gasteiger partial charge in [-0.15, -0.1) is 0 Å². The number of unbranched alkanes of at least 4 members (excludes halogenated alkanes) is 2. The number of phenolic OH excluding ortho intramolecular Hbond substituents is 1. The van der Waals surface area contributed by atoms with Gasteiger partial charge in [0.2, 0.25) is 0 Å². The van der Waals surface area contributed by atoms with Gasteiger partial charge in [-0.2, -0.15) is 0 Å². The Morgan fingerprint density at radius 2 is 2.00 bits per heavy atom. The summed E-state index contributed by atoms with van der Waals surface area (Å²) in [7, 11) is 0. The van der Waals surface area contributed by atoms with Gasteiger partial charge in [0.25, 0.3) is 11.8 Å². The zero-order chi connectivity index (χ0) is 22.6. The molecule has 1 amide bonds. The molecule has 4 nitrogen and oxygen atoms in total. The average Bonchev–Trinajstić information content (AvgIpc) is 2.65. The number of allylic oxidation sites excluding steroid dienone is 2. The van der Waals surface area contributed by atoms with Crippen molar-refractivity contribution >= 4 is 5.91 Å². The Morgan fingerprint density at radius 1 is 1.29 bits per heavy atom. The maximum absolute atomic E-state index is 13.5. The van der Waals surface area contributed by atoms with Crippen LogP contribution in [0.15, 0.2) is 17.7 Å². The lowest BCUT2D eigenvalue weighted by Crippen LogP contribution is -2.58. The fourth-order valence-electron chi connectivity index (χ4n) is 5.43. The van der Waals surface area contributed by atoms with Crippen molar-refractivity contribution < 1.29 is 23.4 Å². The van der Waals surface area contributed by atoms with E-state index in [2.05, 4.69) is 33.8 Å². The van der Waals surface area contributed by atoms with Crippen LogP contribution in [0.5, 0.6) is 11.5 Å². The van der Waals surface area contributed by atoms with Crippen molar-refractivity contribution in [2.24, 2.45) is 5.92 Å². The Balaban J connectivity index is 1.82. The minimum absolute atomic E-state index is 0.0541. The summed E-state index contributed by atoms with van der Waals surface area (Å²) in [5, 5.41) is 11.4. The van der Waals surface area contributed by atoms with Crippen LogP contribution in [-0.4, -0.2) is 40.5 Å². The van der Waals surface area contributed by atoms with E-state index in [1.807, 2.05) is 6.07 Å². The minimum Gasteiger partial charge on any atom is -0.507 e. The number of hydrogen-bond acceptors (Lipinski definition) is 3. The zero-order valence-corrected chi connectivity index (χ0v) is 18.9. The van der Waals surface area contributed by atoms with Gasteiger partial charge in [0.15, 0.2) is 0 Å². The number of benzene rings is 1. The van der Waals surface area contributed by atoms with E-state index in [-0.39, 0.29) is 23.1 Å². The molecule has 6 heteroatoms. The second-order valence-corrected chi connectivity index (χ2v) is 10.0. The summed E-state index contributed by atoms with van der Waals surface area (Å²) in [4.78, 5) is 14.3. The summed E-state index contributed by atoms with van der Waals surface area (Å²) in [6.07, 6.45) is 7.58. The van der Waals surface area contributed by atoms with Crippen molar-refractivity contribution in [1.82, 2.24) is 4.90 Å². The topological polar surface area (TPSA) is 49.8 Å². The third-order valence-electron chi connectivity index (χ3n) is 7.13. The highest BCUT2D eigenvalue weighted by atomic mass is 19.3. The van der Waals surface area contributed by atoms with E-state index in [1.165, 1.54) is 5.57 Å². The lowest BCUT2D eigenvalue weighted by atomic mass is 9.67. The van der Waals surface area contributed by atoms with Crippen molar-refractivity contribution in [1.29, 1.82) is 0 Å². The Hall–Kier alpha value is -2.11. The Kier molecular flexibility index (Phi) is 5.55. The van der Waals surface area contributed by atoms with E-state index in [4.69, 9.17) is 4.74 Å². The number of amides is 1. The van der Waals surface area contributed by atoms with E-state index in [0.29, 0.717) is 23.3 Å². The SMILES string of the molecule is CCCCCc1cc2c(c(O)c1C(=O)N1CC(F)(F)C1)C1C=C(C)CCC1C(C)(C)O2. The van der Waals surface area contributed by atoms with Gasteiger partial charge in [0.05, 0.1) is 18.7 Å². The number of alkyl halides is 2. The predicted molar refractivity (Wildman–Crippen MR) is 116 cm³/mol. The Labute approximate surface area is 183 Å². The molecular weight excluding hydrogens is 400 g/mol. The first-order chi connectivity index (χ1) is 14.5. The largest absolute Gasteiger partial charge is 0.507 e. The summed E-state index contributed by atoms with van der Waals surface area (Å²) in [5.41, 5.74) is 2.37. The van der Waals surface area contributed by atoms with Crippen molar-refractivity contribution in [3.63, 3.8) is 0 Å². The van der Waals surface area contributed by atoms with Crippen molar-refractivity contribution in [3.05, 3.63) is 34.4 Å². The fourth-order valence-corrected chi connectivity index (χ4v) is 5.43. The number of carbonyl (C=O) groups excluding carboxylic acids is 1. The maximum atomic E-state index is 13.5. The number of nitrogens with zero attached hydrogens (tertiary/aromatic N) is 1. The van der Waals surface area contributed by atoms with Gasteiger partial charge < -0.3 is 14.7 Å². The van der Waals surface area contributed by atoms with Gasteiger partial charge in [-0.05, 0) is 58.1 Å². The van der Waals surface area contributed by atoms with Crippen molar-refractivity contribution in [2.75, 3.05) is 13.1 Å². The number of rotatable bonds is 5. The van der Waals surface area contributed by atoms with Gasteiger partial charge >= 0.3 is 0 Å². The Morgan fingerprint density at radius 3 is 2.65 bits per heavy atom. The Bertz CT molecular complexity index is 914. The fraction of sp³-hybridized carbons (Fsp3) is 0.640. The monoisotopic (exact) mass is 433 g/mol. The molecule has 4 rings (SSSR count). The summed E-state index contributed by atoms with van der Waals surface area (Å²) in [6, 6.07) is 1.88. The minimum atomic E-state index is -2.84. The molecule has 170 valence electrons. The molecule has 0 bridgehead atoms. The number of hydrogen-bond donors (Lipinski definition) is 1. The van der Waals surface area contributed by atoms with Crippen LogP contribution in [0.4, 0.5) is 8.78 Å². The van der Waals surface area contributed by atoms with Crippen LogP contribution in [0.3, 0.4) is 0 Å². The molecule has 2 heterocycles. The third-order valence-corrected chi connectivity index (χ3v) is 7.13. The molecule has 1 saturated heterocycles. The quantitative estimate of drug-likeness (QED) is 0.470. The number of carbonyl (C=O) groups is 1. The van der Waals surface area contributed by atoms with Crippen molar-refractivity contribution in [3.8, 4) is 11.5 Å². The van der Waals surface area contributed by atoms with E-state index < -0.39 is 30.5 Å². The first-order valence-electron chi connectivity index (χ1n) is 11.5. The molecule has 1 fully saturated rings. The van der Waals surface area contributed by atoms with E-state index in [0.717, 1.165) is 37.0 Å². The van der Waals surface area contributed by atoms with Crippen LogP contribution < -0.4 is 4.74 Å². The zero-order valence-electron chi connectivity index (χ0n) is 18.9. The molecule has 1 aliphatic carbocycles. The number of aryl methyl sites for hydroxylation is 1. The normalized spacial score (nSPS) is 25.6. The van der Waals surface area contributed by atoms with Crippen LogP contribution in [0.1, 0.15) is 87.2 Å². The molecule has 2 aliphatic heterocycles. The first-order valence-corrected chi connectivity index (χ1v) is 11.5. The summed E-state index contributed by atoms with van der Waals surface area (Å²) in [6.45, 7) is 7.16. The molecule has 31 heavy (non-hydrogen) atoms. The number of phenols is 1. The number of aromatic hydroxyl groups is 1. The lowest BCUT2D eigenvalue weighted by Gasteiger charge is -2.47. The molecule has 0 aromatic heterocycles. The molecule has 1 N–H and O–H groups in total. The molecule has 0 radical (unpaired) electrons. The highest BCUT2D eigenvalue weighted by Crippen LogP contribution is 2.54. The molecule has 0 spiro atoms. The molecule has 0 saturated carbocycles. The summed E-state index contributed by atoms with van der Waals surface area (Å²) >= 11 is 0. The van der Waals surface area contributed by atoms with E-state index in [9.17, 15) is 18.7 Å². The molecule has 2 atom stereocenters. The standard InChI is InChI=1S/C25H33F2NO3/c1-5-6-7-8-16-12-19-21(17-11-15(2)9-10-18(17)24(3,4)31-19)22(29)20(16)23(30)28-13-25(26,27)14-28/h11-12,17-18,29H,5-10,13-14H2,1-4H3. The molecule has 1 aromatic rings. The van der Waals surface area contributed by atoms with E-state index >= 15 is 0 Å². The third kappa shape index (κ3) is 3.94. The summed E-state index contributed by atoms with van der Waals surface area (Å²) in [5.74, 6) is -2.69. The van der Waals surface area contributed by atoms with Gasteiger partial charge in [-0.3, -0.25) is 4.79 Å². The molecule has 1 aromatic carbocycles. The second-order valence-electron chi connectivity index (χ2n) is 10.0. The molecular formula is C25H33F2NO3. The first kappa shape index (κ1) is 22.1. The number of likely N-dealkylation sites (tertiary alicyclic amines) is 1. The second kappa shape index (κ2) is 7.79. The lowest BCUT2D eigenvalue weighted by molar-refractivity contribution is -0.113. The molecule has 2 unspecified atom stereocenters. The van der Waals surface area contributed by atoms with Gasteiger partial charge in [0.1, 0.15) is 17.1 Å². The van der Waals surface area contributed by atoms with E-state index in [1.54, 1.807) is 0 Å². The number of fused-ring (bicyclic) bond motifs is 3. The van der Waals surface area contributed by atoms with Gasteiger partial charge in [0, 0.05) is 17.4 Å². The highest BCUT2D eigenvalue weighted by molar-refractivity contribution is 6.00. The number of ether oxygens (including phenoxy) is 1. The summed E-state index contributed by atoms with van der Waals surface area (Å²) < 4.78 is 33.3. The van der Waals surface area contributed by atoms with Crippen molar-refractivity contribution in [2.45, 2.75) is 83.7 Å². The van der Waals surface area contributed by atoms with Crippen LogP contribution in [0.2, 0.25) is 0 Å². The van der Waals surface area contributed by atoms with Crippen LogP contribution in [0, 0.1) is 5.92 Å². The maximum Gasteiger partial charge on any atom is 0.282 e. The van der Waals surface area contributed by atoms with Crippen LogP contribution >= 0.6 is 0 Å². The van der Waals surface area contributed by atoms with Crippen LogP contribution in [-0.2, 0) is 6.42 Å². The van der Waals surface area contributed by atoms with Gasteiger partial charge in [-0.25, -0.2) is 8.78 Å². The van der Waals surface area contributed by atoms with Gasteiger partial charge in [-0.1, -0.05) is 31.4 Å². The molecule has 3 aliphatic rings. The predicted octanol–water partition coefficient (Wildman–Crippen LogP) is 5.83. The van der Waals surface area contributed by atoms with Crippen LogP contribution in [0.25, 0.3) is 0 Å².